The summed E-state index contributed by atoms with van der Waals surface area (Å²) < 4.78 is 20.2. The van der Waals surface area contributed by atoms with Crippen LogP contribution in [0.15, 0.2) is 34.5 Å². The molecule has 0 fully saturated rings. The summed E-state index contributed by atoms with van der Waals surface area (Å²) in [6.07, 6.45) is 2.45. The maximum absolute atomic E-state index is 13.5. The normalized spacial score (nSPS) is 17.2. The molecule has 1 amide bonds. The second-order valence-corrected chi connectivity index (χ2v) is 9.03. The van der Waals surface area contributed by atoms with E-state index in [0.29, 0.717) is 32.8 Å². The molecule has 1 aliphatic rings. The molecule has 1 aromatic carbocycles. The number of methoxy groups -OCH3 is 1. The van der Waals surface area contributed by atoms with Crippen molar-refractivity contribution in [1.29, 1.82) is 0 Å². The monoisotopic (exact) mass is 460 g/mol. The quantitative estimate of drug-likeness (QED) is 0.524. The van der Waals surface area contributed by atoms with Crippen LogP contribution < -0.4 is 0 Å². The van der Waals surface area contributed by atoms with Gasteiger partial charge in [0.15, 0.2) is 16.8 Å². The zero-order valence-electron chi connectivity index (χ0n) is 17.0. The number of unbranched alkanes of at least 4 members (excludes halogenated alkanes) is 1. The van der Waals surface area contributed by atoms with E-state index in [1.807, 2.05) is 0 Å². The Hall–Kier alpha value is -1.41. The van der Waals surface area contributed by atoms with Gasteiger partial charge in [-0.15, -0.1) is 0 Å². The highest BCUT2D eigenvalue weighted by atomic mass is 35.5. The summed E-state index contributed by atoms with van der Waals surface area (Å²) in [4.78, 5) is 26.6. The number of carbonyl (C=O) groups excluding carboxylic acids is 2. The molecule has 9 heteroatoms. The molecule has 1 heterocycles. The lowest BCUT2D eigenvalue weighted by molar-refractivity contribution is -0.129. The van der Waals surface area contributed by atoms with Gasteiger partial charge in [0.1, 0.15) is 5.82 Å². The number of ether oxygens (including phenoxy) is 1. The number of nitrogens with zero attached hydrogens (tertiary/aromatic N) is 2. The summed E-state index contributed by atoms with van der Waals surface area (Å²) in [5, 5.41) is 0.734. The Morgan fingerprint density at radius 1 is 1.21 bits per heavy atom. The van der Waals surface area contributed by atoms with Crippen LogP contribution >= 0.6 is 23.2 Å². The molecule has 6 nitrogen and oxygen atoms in total. The van der Waals surface area contributed by atoms with Gasteiger partial charge in [0.25, 0.3) is 0 Å². The van der Waals surface area contributed by atoms with Crippen molar-refractivity contribution in [2.45, 2.75) is 51.0 Å². The lowest BCUT2D eigenvalue weighted by Crippen LogP contribution is -2.56. The van der Waals surface area contributed by atoms with Crippen molar-refractivity contribution in [3.05, 3.63) is 39.6 Å². The number of amides is 1. The largest absolute Gasteiger partial charge is 0.383 e. The third-order valence-electron chi connectivity index (χ3n) is 4.65. The zero-order chi connectivity index (χ0) is 21.7. The molecule has 160 valence electrons. The van der Waals surface area contributed by atoms with Crippen LogP contribution in [0.3, 0.4) is 0 Å². The zero-order valence-corrected chi connectivity index (χ0v) is 19.4. The first kappa shape index (κ1) is 23.9. The fourth-order valence-electron chi connectivity index (χ4n) is 3.31. The van der Waals surface area contributed by atoms with Crippen molar-refractivity contribution in [1.82, 2.24) is 9.21 Å². The van der Waals surface area contributed by atoms with Gasteiger partial charge in [0, 0.05) is 24.1 Å². The Bertz CT molecular complexity index is 824. The first-order valence-electron chi connectivity index (χ1n) is 9.42. The topological polar surface area (TPSA) is 66.9 Å². The van der Waals surface area contributed by atoms with Crippen LogP contribution in [0.4, 0.5) is 0 Å². The van der Waals surface area contributed by atoms with Crippen LogP contribution in [0.2, 0.25) is 10.0 Å². The number of hydrogen-bond acceptors (Lipinski definition) is 4. The summed E-state index contributed by atoms with van der Waals surface area (Å²) in [5.74, 6) is -0.0180. The lowest BCUT2D eigenvalue weighted by Gasteiger charge is -2.47. The van der Waals surface area contributed by atoms with E-state index in [0.717, 1.165) is 12.8 Å². The maximum atomic E-state index is 13.5. The average molecular weight is 461 g/mol. The highest BCUT2D eigenvalue weighted by Gasteiger charge is 2.46. The van der Waals surface area contributed by atoms with Gasteiger partial charge in [0.05, 0.1) is 29.7 Å². The fraction of sp³-hybridized carbons (Fsp3) is 0.500. The fourth-order valence-corrected chi connectivity index (χ4v) is 5.45. The van der Waals surface area contributed by atoms with Crippen molar-refractivity contribution in [2.75, 3.05) is 20.3 Å². The van der Waals surface area contributed by atoms with Crippen molar-refractivity contribution in [3.8, 4) is 0 Å². The third kappa shape index (κ3) is 5.40. The van der Waals surface area contributed by atoms with Gasteiger partial charge in [-0.3, -0.25) is 18.8 Å². The van der Waals surface area contributed by atoms with E-state index in [-0.39, 0.29) is 30.9 Å². The minimum atomic E-state index is -1.69. The Morgan fingerprint density at radius 3 is 2.31 bits per heavy atom. The summed E-state index contributed by atoms with van der Waals surface area (Å²) in [5.41, 5.74) is 0.520. The molecule has 0 aromatic heterocycles. The van der Waals surface area contributed by atoms with E-state index in [2.05, 4.69) is 6.92 Å². The maximum Gasteiger partial charge on any atom is 0.225 e. The molecule has 2 rings (SSSR count). The molecule has 0 radical (unpaired) electrons. The van der Waals surface area contributed by atoms with Gasteiger partial charge >= 0.3 is 0 Å². The molecule has 2 atom stereocenters. The van der Waals surface area contributed by atoms with Crippen LogP contribution in [0.1, 0.15) is 40.0 Å². The minimum absolute atomic E-state index is 0.137. The van der Waals surface area contributed by atoms with E-state index >= 15 is 0 Å². The molecule has 1 aliphatic heterocycles. The van der Waals surface area contributed by atoms with Crippen LogP contribution in [0.5, 0.6) is 0 Å². The number of halogens is 2. The summed E-state index contributed by atoms with van der Waals surface area (Å²) in [6.45, 7) is 5.48. The SMILES string of the molecule is CCCCC1C(C(C)=O)=C(N(CCOC)C(C)=O)N1S(=O)c1cc(Cl)cc(Cl)c1. The number of rotatable bonds is 10. The third-order valence-corrected chi connectivity index (χ3v) is 6.51. The van der Waals surface area contributed by atoms with Crippen molar-refractivity contribution >= 4 is 45.9 Å². The molecular weight excluding hydrogens is 435 g/mol. The first-order chi connectivity index (χ1) is 13.7. The van der Waals surface area contributed by atoms with Crippen LogP contribution in [-0.4, -0.2) is 51.4 Å². The number of Topliss-reactive ketones (excluding diaryl/α,β-unsaturated/α-hetero) is 1. The van der Waals surface area contributed by atoms with E-state index in [9.17, 15) is 13.8 Å². The van der Waals surface area contributed by atoms with Gasteiger partial charge in [-0.2, -0.15) is 0 Å². The summed E-state index contributed by atoms with van der Waals surface area (Å²) in [7, 11) is -0.151. The first-order valence-corrected chi connectivity index (χ1v) is 11.3. The van der Waals surface area contributed by atoms with E-state index in [1.165, 1.54) is 25.9 Å². The Morgan fingerprint density at radius 2 is 1.83 bits per heavy atom. The predicted octanol–water partition coefficient (Wildman–Crippen LogP) is 4.19. The van der Waals surface area contributed by atoms with Gasteiger partial charge in [-0.25, -0.2) is 4.21 Å². The lowest BCUT2D eigenvalue weighted by atomic mass is 9.91. The standard InChI is InChI=1S/C20H26Cl2N2O4S/c1-5-6-7-18-19(13(2)25)20(23(14(3)26)8-9-28-4)24(18)29(27)17-11-15(21)10-16(22)12-17/h10-12,18H,5-9H2,1-4H3. The second kappa shape index (κ2) is 10.6. The van der Waals surface area contributed by atoms with E-state index in [4.69, 9.17) is 27.9 Å². The minimum Gasteiger partial charge on any atom is -0.383 e. The molecule has 0 saturated heterocycles. The van der Waals surface area contributed by atoms with Gasteiger partial charge in [0.2, 0.25) is 5.91 Å². The number of ketones is 1. The summed E-state index contributed by atoms with van der Waals surface area (Å²) >= 11 is 12.2. The number of carbonyl (C=O) groups is 2. The molecule has 0 aliphatic carbocycles. The molecule has 29 heavy (non-hydrogen) atoms. The predicted molar refractivity (Wildman–Crippen MR) is 115 cm³/mol. The average Bonchev–Trinajstić information content (AvgIpc) is 2.61. The van der Waals surface area contributed by atoms with E-state index < -0.39 is 11.0 Å². The van der Waals surface area contributed by atoms with Gasteiger partial charge in [-0.05, 0) is 31.5 Å². The Labute approximate surface area is 184 Å². The van der Waals surface area contributed by atoms with Crippen molar-refractivity contribution in [3.63, 3.8) is 0 Å². The molecule has 1 aromatic rings. The smallest absolute Gasteiger partial charge is 0.225 e. The second-order valence-electron chi connectivity index (χ2n) is 6.80. The van der Waals surface area contributed by atoms with Crippen LogP contribution in [-0.2, 0) is 25.3 Å². The highest BCUT2D eigenvalue weighted by Crippen LogP contribution is 2.40. The molecule has 0 spiro atoms. The number of benzene rings is 1. The molecule has 0 saturated carbocycles. The molecule has 0 bridgehead atoms. The molecule has 0 N–H and O–H groups in total. The van der Waals surface area contributed by atoms with Crippen LogP contribution in [0, 0.1) is 0 Å². The van der Waals surface area contributed by atoms with E-state index in [1.54, 1.807) is 22.5 Å². The molecule has 2 unspecified atom stereocenters. The van der Waals surface area contributed by atoms with Gasteiger partial charge < -0.3 is 4.74 Å². The highest BCUT2D eigenvalue weighted by molar-refractivity contribution is 7.83. The van der Waals surface area contributed by atoms with Crippen LogP contribution in [0.25, 0.3) is 0 Å². The Kier molecular flexibility index (Phi) is 8.70. The van der Waals surface area contributed by atoms with Gasteiger partial charge in [-0.1, -0.05) is 43.0 Å². The molecular formula is C20H26Cl2N2O4S. The van der Waals surface area contributed by atoms with Crippen molar-refractivity contribution < 1.29 is 18.5 Å². The van der Waals surface area contributed by atoms with Crippen molar-refractivity contribution in [2.24, 2.45) is 0 Å². The number of hydrogen-bond donors (Lipinski definition) is 0. The Balaban J connectivity index is 2.55. The summed E-state index contributed by atoms with van der Waals surface area (Å²) in [6, 6.07) is 4.38.